The zero-order valence-corrected chi connectivity index (χ0v) is 18.4. The highest BCUT2D eigenvalue weighted by Crippen LogP contribution is 2.42. The van der Waals surface area contributed by atoms with Crippen molar-refractivity contribution in [3.63, 3.8) is 0 Å². The number of aromatic nitrogens is 1. The highest BCUT2D eigenvalue weighted by atomic mass is 16.7. The van der Waals surface area contributed by atoms with Gasteiger partial charge in [-0.1, -0.05) is 43.2 Å². The summed E-state index contributed by atoms with van der Waals surface area (Å²) < 4.78 is 10.6. The summed E-state index contributed by atoms with van der Waals surface area (Å²) in [4.78, 5) is 34.9. The van der Waals surface area contributed by atoms with Crippen molar-refractivity contribution in [3.05, 3.63) is 83.4 Å². The molecule has 168 valence electrons. The molecule has 0 spiro atoms. The van der Waals surface area contributed by atoms with Crippen molar-refractivity contribution in [2.45, 2.75) is 37.6 Å². The fraction of sp³-hybridized carbons (Fsp3) is 0.375. The molecule has 1 saturated carbocycles. The minimum absolute atomic E-state index is 0.363. The third-order valence-electron chi connectivity index (χ3n) is 5.81. The van der Waals surface area contributed by atoms with Crippen molar-refractivity contribution in [2.75, 3.05) is 20.9 Å². The first kappa shape index (κ1) is 22.9. The van der Waals surface area contributed by atoms with Crippen molar-refractivity contribution < 1.29 is 19.1 Å². The number of rotatable bonds is 8. The highest BCUT2D eigenvalue weighted by Gasteiger charge is 2.44. The number of nitrogens with one attached hydrogen (secondary N) is 1. The maximum absolute atomic E-state index is 13.0. The van der Waals surface area contributed by atoms with Gasteiger partial charge in [-0.2, -0.15) is 0 Å². The van der Waals surface area contributed by atoms with E-state index in [1.54, 1.807) is 18.1 Å². The Morgan fingerprint density at radius 3 is 2.47 bits per heavy atom. The summed E-state index contributed by atoms with van der Waals surface area (Å²) >= 11 is 0. The maximum atomic E-state index is 13.0. The Kier molecular flexibility index (Phi) is 7.55. The van der Waals surface area contributed by atoms with Crippen molar-refractivity contribution in [2.24, 2.45) is 0 Å². The van der Waals surface area contributed by atoms with Gasteiger partial charge in [0.05, 0.1) is 18.5 Å². The lowest BCUT2D eigenvalue weighted by Crippen LogP contribution is -2.37. The first-order valence-corrected chi connectivity index (χ1v) is 10.5. The SMILES string of the molecule is [C-]#[N+]/C=C(\N(C)Cc1ccc[nH]1)N(C)C(=O)OCOC(=O)C1(c2ccccc2)CCCC1. The van der Waals surface area contributed by atoms with E-state index in [1.165, 1.54) is 18.1 Å². The Balaban J connectivity index is 1.58. The summed E-state index contributed by atoms with van der Waals surface area (Å²) in [5.41, 5.74) is 1.17. The number of nitrogens with zero attached hydrogens (tertiary/aromatic N) is 3. The van der Waals surface area contributed by atoms with Gasteiger partial charge in [0.25, 0.3) is 0 Å². The monoisotopic (exact) mass is 436 g/mol. The van der Waals surface area contributed by atoms with Crippen LogP contribution in [-0.2, 0) is 26.2 Å². The highest BCUT2D eigenvalue weighted by molar-refractivity contribution is 5.83. The van der Waals surface area contributed by atoms with Gasteiger partial charge in [-0.3, -0.25) is 9.69 Å². The molecule has 32 heavy (non-hydrogen) atoms. The Bertz CT molecular complexity index is 973. The van der Waals surface area contributed by atoms with Crippen molar-refractivity contribution in [1.29, 1.82) is 0 Å². The second-order valence-corrected chi connectivity index (χ2v) is 7.84. The molecule has 0 bridgehead atoms. The average molecular weight is 437 g/mol. The number of ether oxygens (including phenoxy) is 2. The molecule has 2 aromatic rings. The molecule has 0 unspecified atom stereocenters. The van der Waals surface area contributed by atoms with Gasteiger partial charge in [0.15, 0.2) is 6.20 Å². The molecular formula is C24H28N4O4. The molecule has 1 aliphatic carbocycles. The second kappa shape index (κ2) is 10.5. The molecule has 0 aliphatic heterocycles. The molecule has 8 nitrogen and oxygen atoms in total. The quantitative estimate of drug-likeness (QED) is 0.380. The second-order valence-electron chi connectivity index (χ2n) is 7.84. The predicted octanol–water partition coefficient (Wildman–Crippen LogP) is 4.25. The fourth-order valence-electron chi connectivity index (χ4n) is 4.11. The van der Waals surface area contributed by atoms with E-state index < -0.39 is 18.3 Å². The fourth-order valence-corrected chi connectivity index (χ4v) is 4.11. The summed E-state index contributed by atoms with van der Waals surface area (Å²) in [6, 6.07) is 13.4. The first-order chi connectivity index (χ1) is 15.5. The minimum Gasteiger partial charge on any atom is -0.427 e. The molecule has 3 rings (SSSR count). The molecule has 0 saturated heterocycles. The van der Waals surface area contributed by atoms with Crippen molar-refractivity contribution in [3.8, 4) is 0 Å². The zero-order valence-electron chi connectivity index (χ0n) is 18.4. The van der Waals surface area contributed by atoms with Gasteiger partial charge < -0.3 is 19.4 Å². The molecular weight excluding hydrogens is 408 g/mol. The smallest absolute Gasteiger partial charge is 0.417 e. The molecule has 1 aromatic carbocycles. The lowest BCUT2D eigenvalue weighted by Gasteiger charge is -2.29. The number of hydrogen-bond acceptors (Lipinski definition) is 5. The molecule has 1 amide bonds. The Hall–Kier alpha value is -3.73. The van der Waals surface area contributed by atoms with Crippen LogP contribution in [0.2, 0.25) is 0 Å². The van der Waals surface area contributed by atoms with Gasteiger partial charge in [0.1, 0.15) is 5.82 Å². The number of hydrogen-bond donors (Lipinski definition) is 1. The van der Waals surface area contributed by atoms with Crippen LogP contribution in [0.5, 0.6) is 0 Å². The maximum Gasteiger partial charge on any atom is 0.417 e. The zero-order chi connectivity index (χ0) is 23.0. The van der Waals surface area contributed by atoms with Crippen molar-refractivity contribution in [1.82, 2.24) is 14.8 Å². The van der Waals surface area contributed by atoms with E-state index in [9.17, 15) is 9.59 Å². The molecule has 1 heterocycles. The van der Waals surface area contributed by atoms with Gasteiger partial charge in [-0.05, 0) is 30.5 Å². The van der Waals surface area contributed by atoms with E-state index in [0.717, 1.165) is 24.1 Å². The van der Waals surface area contributed by atoms with E-state index >= 15 is 0 Å². The topological polar surface area (TPSA) is 79.2 Å². The van der Waals surface area contributed by atoms with Gasteiger partial charge in [0, 0.05) is 26.0 Å². The number of carbonyl (C=O) groups excluding carboxylic acids is 2. The van der Waals surface area contributed by atoms with Crippen LogP contribution in [0.1, 0.15) is 36.9 Å². The summed E-state index contributed by atoms with van der Waals surface area (Å²) in [6.07, 6.45) is 5.66. The van der Waals surface area contributed by atoms with Crippen LogP contribution in [-0.4, -0.2) is 47.7 Å². The minimum atomic E-state index is -0.716. The molecule has 1 fully saturated rings. The number of H-pyrrole nitrogens is 1. The van der Waals surface area contributed by atoms with Crippen molar-refractivity contribution >= 4 is 12.1 Å². The van der Waals surface area contributed by atoms with Gasteiger partial charge in [-0.25, -0.2) is 9.64 Å². The molecule has 0 radical (unpaired) electrons. The molecule has 8 heteroatoms. The van der Waals surface area contributed by atoms with Crippen LogP contribution in [0.25, 0.3) is 4.85 Å². The largest absolute Gasteiger partial charge is 0.427 e. The van der Waals surface area contributed by atoms with Crippen LogP contribution in [0.15, 0.2) is 60.7 Å². The van der Waals surface area contributed by atoms with E-state index in [-0.39, 0.29) is 5.97 Å². The lowest BCUT2D eigenvalue weighted by molar-refractivity contribution is -0.159. The number of benzene rings is 1. The molecule has 1 aliphatic rings. The Labute approximate surface area is 188 Å². The van der Waals surface area contributed by atoms with Crippen LogP contribution in [0, 0.1) is 6.57 Å². The molecule has 1 N–H and O–H groups in total. The number of carbonyl (C=O) groups is 2. The standard InChI is InChI=1S/C24H28N4O4/c1-25-16-21(27(2)17-20-12-9-15-26-20)28(3)23(30)32-18-31-22(29)24(13-7-8-14-24)19-10-5-4-6-11-19/h4-6,9-12,15-16,26H,7-8,13-14,17-18H2,2-3H3/b21-16+. The van der Waals surface area contributed by atoms with Gasteiger partial charge >= 0.3 is 12.1 Å². The first-order valence-electron chi connectivity index (χ1n) is 10.5. The van der Waals surface area contributed by atoms with Crippen LogP contribution >= 0.6 is 0 Å². The lowest BCUT2D eigenvalue weighted by atomic mass is 9.79. The number of aromatic amines is 1. The summed E-state index contributed by atoms with van der Waals surface area (Å²) in [5.74, 6) is -0.0140. The normalized spacial score (nSPS) is 15.0. The number of amides is 1. The molecule has 1 aromatic heterocycles. The summed E-state index contributed by atoms with van der Waals surface area (Å²) in [7, 11) is 3.28. The predicted molar refractivity (Wildman–Crippen MR) is 119 cm³/mol. The van der Waals surface area contributed by atoms with Gasteiger partial charge in [0.2, 0.25) is 6.79 Å². The summed E-state index contributed by atoms with van der Waals surface area (Å²) in [5, 5.41) is 0. The molecule has 0 atom stereocenters. The third kappa shape index (κ3) is 5.11. The third-order valence-corrected chi connectivity index (χ3v) is 5.81. The summed E-state index contributed by atoms with van der Waals surface area (Å²) in [6.45, 7) is 7.16. The Morgan fingerprint density at radius 2 is 1.84 bits per heavy atom. The van der Waals surface area contributed by atoms with Gasteiger partial charge in [-0.15, -0.1) is 0 Å². The number of esters is 1. The Morgan fingerprint density at radius 1 is 1.12 bits per heavy atom. The van der Waals surface area contributed by atoms with E-state index in [0.29, 0.717) is 25.2 Å². The average Bonchev–Trinajstić information content (AvgIpc) is 3.50. The van der Waals surface area contributed by atoms with E-state index in [1.807, 2.05) is 42.5 Å². The van der Waals surface area contributed by atoms with E-state index in [2.05, 4.69) is 9.83 Å². The van der Waals surface area contributed by atoms with Crippen LogP contribution in [0.4, 0.5) is 4.79 Å². The van der Waals surface area contributed by atoms with E-state index in [4.69, 9.17) is 16.0 Å². The van der Waals surface area contributed by atoms with Crippen LogP contribution < -0.4 is 0 Å². The van der Waals surface area contributed by atoms with Crippen LogP contribution in [0.3, 0.4) is 0 Å².